The summed E-state index contributed by atoms with van der Waals surface area (Å²) < 4.78 is 8.22. The molecular formula is C29H32N6O5S2. The molecule has 11 nitrogen and oxygen atoms in total. The number of rotatable bonds is 7. The first-order valence-corrected chi connectivity index (χ1v) is 14.3. The van der Waals surface area contributed by atoms with Gasteiger partial charge in [0, 0.05) is 44.6 Å². The predicted octanol–water partition coefficient (Wildman–Crippen LogP) is 3.92. The van der Waals surface area contributed by atoms with Gasteiger partial charge in [-0.05, 0) is 73.1 Å². The number of aromatic nitrogens is 5. The molecule has 1 aromatic carbocycles. The van der Waals surface area contributed by atoms with Gasteiger partial charge in [-0.15, -0.1) is 0 Å². The van der Waals surface area contributed by atoms with E-state index in [1.54, 1.807) is 25.4 Å². The Morgan fingerprint density at radius 1 is 1.02 bits per heavy atom. The van der Waals surface area contributed by atoms with Gasteiger partial charge in [-0.1, -0.05) is 18.6 Å². The van der Waals surface area contributed by atoms with Crippen LogP contribution in [0.15, 0.2) is 52.3 Å². The van der Waals surface area contributed by atoms with Crippen molar-refractivity contribution in [2.24, 2.45) is 14.1 Å². The van der Waals surface area contributed by atoms with Crippen LogP contribution in [-0.4, -0.2) is 52.9 Å². The maximum absolute atomic E-state index is 13.3. The zero-order chi connectivity index (χ0) is 30.1. The van der Waals surface area contributed by atoms with E-state index in [-0.39, 0.29) is 26.7 Å². The molecule has 0 radical (unpaired) electrons. The number of H-pyrrole nitrogens is 2. The van der Waals surface area contributed by atoms with E-state index in [9.17, 15) is 19.8 Å². The van der Waals surface area contributed by atoms with E-state index >= 15 is 0 Å². The molecule has 0 unspecified atom stereocenters. The first-order chi connectivity index (χ1) is 20.1. The van der Waals surface area contributed by atoms with Gasteiger partial charge in [-0.2, -0.15) is 0 Å². The Bertz CT molecular complexity index is 1780. The van der Waals surface area contributed by atoms with Crippen molar-refractivity contribution in [3.8, 4) is 17.5 Å². The Morgan fingerprint density at radius 2 is 1.67 bits per heavy atom. The van der Waals surface area contributed by atoms with Gasteiger partial charge in [0.05, 0.1) is 24.2 Å². The summed E-state index contributed by atoms with van der Waals surface area (Å²) in [4.78, 5) is 38.5. The Hall–Kier alpha value is -4.07. The molecular weight excluding hydrogens is 576 g/mol. The SMILES string of the molecule is COc1ccc(C(c2c(O)n(C)c(=S)[nH]c2=O)c2c(O)n(C)c(=S)[nH]c2=O)cc1CN1CCCC[C@H]1c1cccnc1. The normalized spacial score (nSPS) is 15.7. The van der Waals surface area contributed by atoms with Crippen molar-refractivity contribution in [3.63, 3.8) is 0 Å². The molecule has 13 heteroatoms. The molecule has 1 saturated heterocycles. The van der Waals surface area contributed by atoms with Crippen molar-refractivity contribution in [1.82, 2.24) is 29.0 Å². The molecule has 0 amide bonds. The number of nitrogens with one attached hydrogen (secondary N) is 2. The minimum Gasteiger partial charge on any atom is -0.496 e. The average molecular weight is 609 g/mol. The van der Waals surface area contributed by atoms with Crippen molar-refractivity contribution in [3.05, 3.63) is 101 Å². The van der Waals surface area contributed by atoms with Crippen molar-refractivity contribution in [2.75, 3.05) is 13.7 Å². The summed E-state index contributed by atoms with van der Waals surface area (Å²) in [5, 5.41) is 22.3. The van der Waals surface area contributed by atoms with E-state index in [0.29, 0.717) is 17.9 Å². The van der Waals surface area contributed by atoms with Gasteiger partial charge >= 0.3 is 0 Å². The maximum atomic E-state index is 13.3. The molecule has 42 heavy (non-hydrogen) atoms. The molecule has 0 spiro atoms. The maximum Gasteiger partial charge on any atom is 0.259 e. The van der Waals surface area contributed by atoms with Gasteiger partial charge in [-0.3, -0.25) is 38.6 Å². The summed E-state index contributed by atoms with van der Waals surface area (Å²) in [7, 11) is 4.58. The summed E-state index contributed by atoms with van der Waals surface area (Å²) in [6, 6.07) is 9.50. The Labute approximate surface area is 251 Å². The lowest BCUT2D eigenvalue weighted by molar-refractivity contribution is 0.139. The van der Waals surface area contributed by atoms with Gasteiger partial charge in [0.15, 0.2) is 9.54 Å². The van der Waals surface area contributed by atoms with Gasteiger partial charge in [-0.25, -0.2) is 0 Å². The third-order valence-corrected chi connectivity index (χ3v) is 8.68. The first kappa shape index (κ1) is 29.4. The third kappa shape index (κ3) is 5.42. The van der Waals surface area contributed by atoms with E-state index in [1.165, 1.54) is 23.2 Å². The van der Waals surface area contributed by atoms with Crippen LogP contribution in [-0.2, 0) is 20.6 Å². The highest BCUT2D eigenvalue weighted by Gasteiger charge is 2.32. The Kier molecular flexibility index (Phi) is 8.43. The number of hydrogen-bond acceptors (Lipinski definition) is 9. The fraction of sp³-hybridized carbons (Fsp3) is 0.345. The van der Waals surface area contributed by atoms with Crippen LogP contribution in [0.4, 0.5) is 0 Å². The number of ether oxygens (including phenoxy) is 1. The van der Waals surface area contributed by atoms with Crippen LogP contribution in [0, 0.1) is 9.54 Å². The van der Waals surface area contributed by atoms with Gasteiger partial charge in [0.1, 0.15) is 5.75 Å². The van der Waals surface area contributed by atoms with Crippen LogP contribution in [0.2, 0.25) is 0 Å². The lowest BCUT2D eigenvalue weighted by atomic mass is 9.85. The zero-order valence-electron chi connectivity index (χ0n) is 23.5. The van der Waals surface area contributed by atoms with Gasteiger partial charge < -0.3 is 14.9 Å². The molecule has 1 aliphatic rings. The highest BCUT2D eigenvalue weighted by Crippen LogP contribution is 2.39. The highest BCUT2D eigenvalue weighted by molar-refractivity contribution is 7.71. The van der Waals surface area contributed by atoms with Crippen LogP contribution in [0.1, 0.15) is 59.0 Å². The molecule has 0 saturated carbocycles. The molecule has 1 atom stereocenters. The summed E-state index contributed by atoms with van der Waals surface area (Å²) in [5.41, 5.74) is 0.764. The van der Waals surface area contributed by atoms with Crippen LogP contribution in [0.25, 0.3) is 0 Å². The third-order valence-electron chi connectivity index (χ3n) is 7.93. The Balaban J connectivity index is 1.71. The number of benzene rings is 1. The van der Waals surface area contributed by atoms with E-state index in [0.717, 1.165) is 36.9 Å². The van der Waals surface area contributed by atoms with Gasteiger partial charge in [0.2, 0.25) is 11.8 Å². The molecule has 1 aliphatic heterocycles. The summed E-state index contributed by atoms with van der Waals surface area (Å²) in [6.45, 7) is 1.38. The van der Waals surface area contributed by atoms with Crippen molar-refractivity contribution >= 4 is 24.4 Å². The fourth-order valence-corrected chi connectivity index (χ4v) is 6.06. The molecule has 0 bridgehead atoms. The first-order valence-electron chi connectivity index (χ1n) is 13.5. The molecule has 4 N–H and O–H groups in total. The zero-order valence-corrected chi connectivity index (χ0v) is 25.1. The number of hydrogen-bond donors (Lipinski definition) is 4. The summed E-state index contributed by atoms with van der Waals surface area (Å²) in [6.07, 6.45) is 6.78. The quantitative estimate of drug-likeness (QED) is 0.230. The molecule has 4 heterocycles. The number of aromatic amines is 2. The molecule has 3 aromatic heterocycles. The minimum absolute atomic E-state index is 0.00607. The number of nitrogens with zero attached hydrogens (tertiary/aromatic N) is 4. The number of methoxy groups -OCH3 is 1. The minimum atomic E-state index is -1.18. The topological polar surface area (TPSA) is 141 Å². The fourth-order valence-electron chi connectivity index (χ4n) is 5.70. The van der Waals surface area contributed by atoms with Crippen LogP contribution in [0.3, 0.4) is 0 Å². The molecule has 220 valence electrons. The van der Waals surface area contributed by atoms with Crippen molar-refractivity contribution in [1.29, 1.82) is 0 Å². The van der Waals surface area contributed by atoms with Crippen molar-refractivity contribution in [2.45, 2.75) is 37.8 Å². The smallest absolute Gasteiger partial charge is 0.259 e. The van der Waals surface area contributed by atoms with E-state index in [1.807, 2.05) is 18.3 Å². The largest absolute Gasteiger partial charge is 0.496 e. The standard InChI is InChI=1S/C29H32N6O5S2/c1-33-26(38)22(24(36)31-28(33)41)21(23-25(37)32-29(42)34(2)27(23)39)16-9-10-20(40-3)18(13-16)15-35-12-5-4-8-19(35)17-7-6-11-30-14-17/h6-7,9-11,13-14,19,21,38-39H,4-5,8,12,15H2,1-3H3,(H,31,36,41)(H,32,37,42)/t19-/m0/s1. The van der Waals surface area contributed by atoms with E-state index < -0.39 is 28.8 Å². The predicted molar refractivity (Wildman–Crippen MR) is 162 cm³/mol. The lowest BCUT2D eigenvalue weighted by Gasteiger charge is -2.36. The average Bonchev–Trinajstić information content (AvgIpc) is 2.98. The van der Waals surface area contributed by atoms with Crippen molar-refractivity contribution < 1.29 is 14.9 Å². The van der Waals surface area contributed by atoms with Gasteiger partial charge in [0.25, 0.3) is 11.1 Å². The second kappa shape index (κ2) is 12.0. The number of aromatic hydroxyl groups is 2. The molecule has 5 rings (SSSR count). The number of piperidine rings is 1. The van der Waals surface area contributed by atoms with Crippen LogP contribution >= 0.6 is 24.4 Å². The van der Waals surface area contributed by atoms with E-state index in [2.05, 4.69) is 25.9 Å². The Morgan fingerprint density at radius 3 is 2.24 bits per heavy atom. The van der Waals surface area contributed by atoms with Crippen LogP contribution in [0.5, 0.6) is 17.5 Å². The molecule has 0 aliphatic carbocycles. The highest BCUT2D eigenvalue weighted by atomic mass is 32.1. The van der Waals surface area contributed by atoms with Crippen LogP contribution < -0.4 is 15.9 Å². The molecule has 1 fully saturated rings. The number of pyridine rings is 1. The number of likely N-dealkylation sites (tertiary alicyclic amines) is 1. The summed E-state index contributed by atoms with van der Waals surface area (Å²) in [5.74, 6) is -1.41. The van der Waals surface area contributed by atoms with E-state index in [4.69, 9.17) is 29.2 Å². The lowest BCUT2D eigenvalue weighted by Crippen LogP contribution is -2.33. The second-order valence-electron chi connectivity index (χ2n) is 10.4. The molecule has 4 aromatic rings. The second-order valence-corrected chi connectivity index (χ2v) is 11.2. The monoisotopic (exact) mass is 608 g/mol. The summed E-state index contributed by atoms with van der Waals surface area (Å²) >= 11 is 10.4.